The number of nitrogens with one attached hydrogen (secondary N) is 1. The van der Waals surface area contributed by atoms with Crippen LogP contribution in [0.5, 0.6) is 0 Å². The molecule has 1 aromatic carbocycles. The van der Waals surface area contributed by atoms with Crippen LogP contribution in [0.25, 0.3) is 0 Å². The van der Waals surface area contributed by atoms with Crippen LogP contribution in [0.1, 0.15) is 47.9 Å². The van der Waals surface area contributed by atoms with E-state index in [1.54, 1.807) is 31.2 Å². The first kappa shape index (κ1) is 20.9. The van der Waals surface area contributed by atoms with E-state index in [0.717, 1.165) is 11.8 Å². The minimum absolute atomic E-state index is 0.0716. The molecule has 1 aromatic rings. The SMILES string of the molecule is CC[C@H](C)[C@H](NC(=O)CSC1=C(C)C(=O)c2ccccc2C1=O)C(=O)OC. The molecule has 1 aliphatic carbocycles. The quantitative estimate of drug-likeness (QED) is 0.721. The zero-order valence-corrected chi connectivity index (χ0v) is 16.6. The van der Waals surface area contributed by atoms with Crippen molar-refractivity contribution in [2.75, 3.05) is 12.9 Å². The van der Waals surface area contributed by atoms with Gasteiger partial charge in [0, 0.05) is 16.7 Å². The molecule has 0 saturated heterocycles. The molecule has 0 radical (unpaired) electrons. The highest BCUT2D eigenvalue weighted by Gasteiger charge is 2.31. The number of rotatable bonds is 7. The van der Waals surface area contributed by atoms with Crippen LogP contribution in [0.3, 0.4) is 0 Å². The maximum absolute atomic E-state index is 12.7. The van der Waals surface area contributed by atoms with Crippen molar-refractivity contribution in [1.29, 1.82) is 0 Å². The van der Waals surface area contributed by atoms with Gasteiger partial charge in [0.05, 0.1) is 17.8 Å². The minimum atomic E-state index is -0.743. The number of fused-ring (bicyclic) bond motifs is 1. The van der Waals surface area contributed by atoms with Crippen molar-refractivity contribution < 1.29 is 23.9 Å². The summed E-state index contributed by atoms with van der Waals surface area (Å²) in [5.74, 6) is -1.52. The van der Waals surface area contributed by atoms with Crippen LogP contribution in [-0.4, -0.2) is 42.3 Å². The largest absolute Gasteiger partial charge is 0.467 e. The molecule has 6 nitrogen and oxygen atoms in total. The number of Topliss-reactive ketones (excluding diaryl/α,β-unsaturated/α-hetero) is 2. The summed E-state index contributed by atoms with van der Waals surface area (Å²) in [6.07, 6.45) is 0.696. The average Bonchev–Trinajstić information content (AvgIpc) is 2.69. The van der Waals surface area contributed by atoms with E-state index in [2.05, 4.69) is 5.32 Å². The van der Waals surface area contributed by atoms with Gasteiger partial charge >= 0.3 is 5.97 Å². The molecule has 7 heteroatoms. The number of ketones is 2. The van der Waals surface area contributed by atoms with Crippen LogP contribution in [-0.2, 0) is 14.3 Å². The highest BCUT2D eigenvalue weighted by molar-refractivity contribution is 8.04. The van der Waals surface area contributed by atoms with E-state index in [9.17, 15) is 19.2 Å². The van der Waals surface area contributed by atoms with E-state index in [1.807, 2.05) is 13.8 Å². The van der Waals surface area contributed by atoms with Gasteiger partial charge in [0.1, 0.15) is 6.04 Å². The van der Waals surface area contributed by atoms with Gasteiger partial charge in [0.15, 0.2) is 5.78 Å². The molecular weight excluding hydrogens is 366 g/mol. The zero-order chi connectivity index (χ0) is 20.1. The Hall–Kier alpha value is -2.41. The summed E-state index contributed by atoms with van der Waals surface area (Å²) in [6, 6.07) is 5.91. The Morgan fingerprint density at radius 2 is 1.74 bits per heavy atom. The number of ether oxygens (including phenoxy) is 1. The lowest BCUT2D eigenvalue weighted by Crippen LogP contribution is -2.46. The molecule has 0 aromatic heterocycles. The first-order chi connectivity index (χ1) is 12.8. The number of hydrogen-bond acceptors (Lipinski definition) is 6. The molecule has 2 atom stereocenters. The second kappa shape index (κ2) is 8.99. The first-order valence-electron chi connectivity index (χ1n) is 8.71. The summed E-state index contributed by atoms with van der Waals surface area (Å²) >= 11 is 1.01. The minimum Gasteiger partial charge on any atom is -0.467 e. The van der Waals surface area contributed by atoms with Gasteiger partial charge in [-0.2, -0.15) is 0 Å². The fraction of sp³-hybridized carbons (Fsp3) is 0.400. The Balaban J connectivity index is 2.10. The van der Waals surface area contributed by atoms with Crippen molar-refractivity contribution in [2.24, 2.45) is 5.92 Å². The third-order valence-electron chi connectivity index (χ3n) is 4.64. The van der Waals surface area contributed by atoms with Crippen molar-refractivity contribution in [2.45, 2.75) is 33.2 Å². The summed E-state index contributed by atoms with van der Waals surface area (Å²) in [4.78, 5) is 49.6. The molecule has 0 bridgehead atoms. The lowest BCUT2D eigenvalue weighted by Gasteiger charge is -2.22. The number of benzene rings is 1. The highest BCUT2D eigenvalue weighted by atomic mass is 32.2. The standard InChI is InChI=1S/C20H23NO5S/c1-5-11(2)16(20(25)26-4)21-15(22)10-27-19-12(3)17(23)13-8-6-7-9-14(13)18(19)24/h6-9,11,16H,5,10H2,1-4H3,(H,21,22)/t11-,16-/m0/s1. The van der Waals surface area contributed by atoms with Gasteiger partial charge < -0.3 is 10.1 Å². The van der Waals surface area contributed by atoms with Gasteiger partial charge in [-0.25, -0.2) is 4.79 Å². The normalized spacial score (nSPS) is 15.9. The molecule has 27 heavy (non-hydrogen) atoms. The van der Waals surface area contributed by atoms with Crippen LogP contribution in [0.2, 0.25) is 0 Å². The van der Waals surface area contributed by atoms with Crippen LogP contribution < -0.4 is 5.32 Å². The van der Waals surface area contributed by atoms with Crippen molar-refractivity contribution >= 4 is 35.2 Å². The third kappa shape index (κ3) is 4.47. The van der Waals surface area contributed by atoms with E-state index in [4.69, 9.17) is 4.74 Å². The molecule has 1 N–H and O–H groups in total. The zero-order valence-electron chi connectivity index (χ0n) is 15.8. The van der Waals surface area contributed by atoms with Crippen molar-refractivity contribution in [3.8, 4) is 0 Å². The van der Waals surface area contributed by atoms with Gasteiger partial charge in [-0.1, -0.05) is 44.5 Å². The third-order valence-corrected chi connectivity index (χ3v) is 5.82. The van der Waals surface area contributed by atoms with Crippen molar-refractivity contribution in [1.82, 2.24) is 5.32 Å². The monoisotopic (exact) mass is 389 g/mol. The summed E-state index contributed by atoms with van der Waals surface area (Å²) in [5, 5.41) is 2.66. The smallest absolute Gasteiger partial charge is 0.328 e. The van der Waals surface area contributed by atoms with Gasteiger partial charge in [0.25, 0.3) is 0 Å². The summed E-state index contributed by atoms with van der Waals surface area (Å²) in [7, 11) is 1.27. The maximum Gasteiger partial charge on any atom is 0.328 e. The van der Waals surface area contributed by atoms with Crippen LogP contribution in [0.4, 0.5) is 0 Å². The lowest BCUT2D eigenvalue weighted by molar-refractivity contribution is -0.146. The summed E-state index contributed by atoms with van der Waals surface area (Å²) in [6.45, 7) is 5.36. The number of thioether (sulfide) groups is 1. The fourth-order valence-corrected chi connectivity index (χ4v) is 3.71. The van der Waals surface area contributed by atoms with Gasteiger partial charge in [-0.15, -0.1) is 11.8 Å². The first-order valence-corrected chi connectivity index (χ1v) is 9.69. The predicted molar refractivity (Wildman–Crippen MR) is 104 cm³/mol. The van der Waals surface area contributed by atoms with E-state index in [0.29, 0.717) is 23.1 Å². The predicted octanol–water partition coefficient (Wildman–Crippen LogP) is 2.78. The molecular formula is C20H23NO5S. The van der Waals surface area contributed by atoms with Crippen molar-refractivity contribution in [3.63, 3.8) is 0 Å². The van der Waals surface area contributed by atoms with Gasteiger partial charge in [-0.05, 0) is 12.8 Å². The molecule has 0 saturated carbocycles. The summed E-state index contributed by atoms with van der Waals surface area (Å²) < 4.78 is 4.75. The Morgan fingerprint density at radius 1 is 1.15 bits per heavy atom. The van der Waals surface area contributed by atoms with E-state index in [-0.39, 0.29) is 28.1 Å². The Labute approximate surface area is 162 Å². The average molecular weight is 389 g/mol. The lowest BCUT2D eigenvalue weighted by atomic mass is 9.90. The van der Waals surface area contributed by atoms with Crippen LogP contribution >= 0.6 is 11.8 Å². The molecule has 2 rings (SSSR count). The summed E-state index contributed by atoms with van der Waals surface area (Å²) in [5.41, 5.74) is 1.07. The van der Waals surface area contributed by atoms with E-state index in [1.165, 1.54) is 7.11 Å². The number of carbonyl (C=O) groups is 4. The van der Waals surface area contributed by atoms with Crippen LogP contribution in [0, 0.1) is 5.92 Å². The number of methoxy groups -OCH3 is 1. The molecule has 0 spiro atoms. The van der Waals surface area contributed by atoms with Gasteiger partial charge in [-0.3, -0.25) is 14.4 Å². The number of allylic oxidation sites excluding steroid dienone is 2. The molecule has 144 valence electrons. The topological polar surface area (TPSA) is 89.5 Å². The number of hydrogen-bond donors (Lipinski definition) is 1. The Kier molecular flexibility index (Phi) is 6.96. The van der Waals surface area contributed by atoms with E-state index >= 15 is 0 Å². The Bertz CT molecular complexity index is 814. The Morgan fingerprint density at radius 3 is 2.30 bits per heavy atom. The number of carbonyl (C=O) groups excluding carboxylic acids is 4. The molecule has 1 amide bonds. The fourth-order valence-electron chi connectivity index (χ4n) is 2.80. The van der Waals surface area contributed by atoms with Gasteiger partial charge in [0.2, 0.25) is 11.7 Å². The van der Waals surface area contributed by atoms with E-state index < -0.39 is 17.9 Å². The molecule has 0 heterocycles. The molecule has 0 unspecified atom stereocenters. The molecule has 0 aliphatic heterocycles. The van der Waals surface area contributed by atoms with Crippen molar-refractivity contribution in [3.05, 3.63) is 45.9 Å². The highest BCUT2D eigenvalue weighted by Crippen LogP contribution is 2.32. The molecule has 0 fully saturated rings. The number of esters is 1. The second-order valence-corrected chi connectivity index (χ2v) is 7.39. The van der Waals surface area contributed by atoms with Crippen LogP contribution in [0.15, 0.2) is 34.7 Å². The number of amides is 1. The molecule has 1 aliphatic rings. The maximum atomic E-state index is 12.7. The second-order valence-electron chi connectivity index (χ2n) is 6.40.